The van der Waals surface area contributed by atoms with Gasteiger partial charge in [0.15, 0.2) is 0 Å². The quantitative estimate of drug-likeness (QED) is 0.558. The van der Waals surface area contributed by atoms with E-state index in [1.807, 2.05) is 35.7 Å². The molecule has 3 aromatic rings. The van der Waals surface area contributed by atoms with Crippen LogP contribution in [0.5, 0.6) is 0 Å². The lowest BCUT2D eigenvalue weighted by molar-refractivity contribution is -0.117. The van der Waals surface area contributed by atoms with Gasteiger partial charge in [0, 0.05) is 21.5 Å². The summed E-state index contributed by atoms with van der Waals surface area (Å²) in [4.78, 5) is 28.2. The van der Waals surface area contributed by atoms with Gasteiger partial charge in [-0.15, -0.1) is 11.3 Å². The van der Waals surface area contributed by atoms with Crippen molar-refractivity contribution in [3.05, 3.63) is 86.3 Å². The summed E-state index contributed by atoms with van der Waals surface area (Å²) in [5.41, 5.74) is 1.74. The van der Waals surface area contributed by atoms with Crippen molar-refractivity contribution in [2.75, 3.05) is 5.32 Å². The Balaban J connectivity index is 1.56. The van der Waals surface area contributed by atoms with Crippen LogP contribution in [0.1, 0.15) is 33.3 Å². The number of nitrogens with zero attached hydrogens (tertiary/aromatic N) is 1. The number of fused-ring (bicyclic) bond motifs is 1. The van der Waals surface area contributed by atoms with E-state index in [4.69, 9.17) is 0 Å². The number of anilines is 1. The Labute approximate surface area is 174 Å². The lowest BCUT2D eigenvalue weighted by atomic mass is 10.1. The average molecular weight is 459 g/mol. The molecule has 1 aliphatic heterocycles. The molecule has 0 bridgehead atoms. The monoisotopic (exact) mass is 458 g/mol. The Morgan fingerprint density at radius 2 is 2.04 bits per heavy atom. The van der Waals surface area contributed by atoms with Crippen molar-refractivity contribution in [3.8, 4) is 0 Å². The SMILES string of the molecule is O=C(C[C@@H](c1cccs1)N1Cc2ccccc2C1=O)Nc1ccc(Br)cc1F. The molecule has 28 heavy (non-hydrogen) atoms. The van der Waals surface area contributed by atoms with E-state index in [0.717, 1.165) is 10.4 Å². The average Bonchev–Trinajstić information content (AvgIpc) is 3.31. The van der Waals surface area contributed by atoms with Crippen molar-refractivity contribution in [1.82, 2.24) is 4.90 Å². The molecule has 2 heterocycles. The van der Waals surface area contributed by atoms with E-state index < -0.39 is 11.9 Å². The molecule has 1 atom stereocenters. The van der Waals surface area contributed by atoms with Gasteiger partial charge in [-0.1, -0.05) is 40.2 Å². The normalized spacial score (nSPS) is 14.1. The standard InChI is InChI=1S/C21H16BrFN2O2S/c22-14-7-8-17(16(23)10-14)24-20(26)11-18(19-6-3-9-28-19)25-12-13-4-1-2-5-15(13)21(25)27/h1-10,18H,11-12H2,(H,24,26)/t18-/m0/s1. The van der Waals surface area contributed by atoms with Crippen LogP contribution < -0.4 is 5.32 Å². The Morgan fingerprint density at radius 3 is 2.75 bits per heavy atom. The second-order valence-corrected chi connectivity index (χ2v) is 8.39. The highest BCUT2D eigenvalue weighted by Gasteiger charge is 2.34. The molecule has 2 aromatic carbocycles. The van der Waals surface area contributed by atoms with Crippen molar-refractivity contribution in [3.63, 3.8) is 0 Å². The number of rotatable bonds is 5. The molecule has 1 aliphatic rings. The summed E-state index contributed by atoms with van der Waals surface area (Å²) in [5, 5.41) is 4.54. The minimum Gasteiger partial charge on any atom is -0.326 e. The third-order valence-electron chi connectivity index (χ3n) is 4.68. The molecule has 4 rings (SSSR count). The van der Waals surface area contributed by atoms with E-state index in [1.165, 1.54) is 23.5 Å². The summed E-state index contributed by atoms with van der Waals surface area (Å²) in [6.45, 7) is 0.456. The largest absolute Gasteiger partial charge is 0.326 e. The smallest absolute Gasteiger partial charge is 0.255 e. The van der Waals surface area contributed by atoms with Crippen LogP contribution in [-0.2, 0) is 11.3 Å². The van der Waals surface area contributed by atoms with Crippen LogP contribution in [0.25, 0.3) is 0 Å². The fraction of sp³-hybridized carbons (Fsp3) is 0.143. The van der Waals surface area contributed by atoms with Gasteiger partial charge in [-0.05, 0) is 41.3 Å². The van der Waals surface area contributed by atoms with Gasteiger partial charge < -0.3 is 10.2 Å². The minimum atomic E-state index is -0.514. The third kappa shape index (κ3) is 3.72. The van der Waals surface area contributed by atoms with Crippen LogP contribution >= 0.6 is 27.3 Å². The van der Waals surface area contributed by atoms with Crippen molar-refractivity contribution in [1.29, 1.82) is 0 Å². The fourth-order valence-electron chi connectivity index (χ4n) is 3.34. The van der Waals surface area contributed by atoms with Gasteiger partial charge in [0.25, 0.3) is 5.91 Å². The number of halogens is 2. The number of carbonyl (C=O) groups excluding carboxylic acids is 2. The molecule has 1 aromatic heterocycles. The summed E-state index contributed by atoms with van der Waals surface area (Å²) in [6.07, 6.45) is 0.0513. The second kappa shape index (κ2) is 7.85. The molecule has 0 radical (unpaired) electrons. The van der Waals surface area contributed by atoms with Crippen LogP contribution in [0.2, 0.25) is 0 Å². The number of hydrogen-bond donors (Lipinski definition) is 1. The topological polar surface area (TPSA) is 49.4 Å². The predicted molar refractivity (Wildman–Crippen MR) is 111 cm³/mol. The highest BCUT2D eigenvalue weighted by Crippen LogP contribution is 2.35. The van der Waals surface area contributed by atoms with Crippen LogP contribution in [0.4, 0.5) is 10.1 Å². The van der Waals surface area contributed by atoms with Crippen molar-refractivity contribution >= 4 is 44.8 Å². The molecule has 2 amide bonds. The first-order valence-electron chi connectivity index (χ1n) is 8.70. The van der Waals surface area contributed by atoms with Crippen molar-refractivity contribution < 1.29 is 14.0 Å². The van der Waals surface area contributed by atoms with E-state index in [9.17, 15) is 14.0 Å². The summed E-state index contributed by atoms with van der Waals surface area (Å²) in [6, 6.07) is 15.3. The molecular weight excluding hydrogens is 443 g/mol. The molecule has 1 N–H and O–H groups in total. The Bertz CT molecular complexity index is 1040. The van der Waals surface area contributed by atoms with Gasteiger partial charge in [-0.2, -0.15) is 0 Å². The van der Waals surface area contributed by atoms with Gasteiger partial charge in [-0.25, -0.2) is 4.39 Å². The number of amides is 2. The van der Waals surface area contributed by atoms with Gasteiger partial charge in [0.2, 0.25) is 5.91 Å². The highest BCUT2D eigenvalue weighted by molar-refractivity contribution is 9.10. The zero-order valence-corrected chi connectivity index (χ0v) is 17.1. The summed E-state index contributed by atoms with van der Waals surface area (Å²) in [5.74, 6) is -0.944. The highest BCUT2D eigenvalue weighted by atomic mass is 79.9. The molecule has 7 heteroatoms. The number of carbonyl (C=O) groups is 2. The molecule has 0 saturated heterocycles. The first kappa shape index (κ1) is 18.8. The summed E-state index contributed by atoms with van der Waals surface area (Å²) in [7, 11) is 0. The maximum atomic E-state index is 14.1. The van der Waals surface area contributed by atoms with Crippen molar-refractivity contribution in [2.24, 2.45) is 0 Å². The van der Waals surface area contributed by atoms with Crippen molar-refractivity contribution in [2.45, 2.75) is 19.0 Å². The second-order valence-electron chi connectivity index (χ2n) is 6.50. The molecule has 0 spiro atoms. The van der Waals surface area contributed by atoms with Gasteiger partial charge in [0.05, 0.1) is 18.2 Å². The molecule has 0 aliphatic carbocycles. The zero-order valence-electron chi connectivity index (χ0n) is 14.7. The minimum absolute atomic E-state index is 0.0513. The van der Waals surface area contributed by atoms with Crippen LogP contribution in [0.3, 0.4) is 0 Å². The Kier molecular flexibility index (Phi) is 5.28. The van der Waals surface area contributed by atoms with E-state index in [-0.39, 0.29) is 23.9 Å². The molecule has 0 fully saturated rings. The number of thiophene rings is 1. The first-order chi connectivity index (χ1) is 13.5. The number of hydrogen-bond acceptors (Lipinski definition) is 3. The number of benzene rings is 2. The van der Waals surface area contributed by atoms with E-state index in [2.05, 4.69) is 21.2 Å². The first-order valence-corrected chi connectivity index (χ1v) is 10.4. The van der Waals surface area contributed by atoms with Crippen LogP contribution in [-0.4, -0.2) is 16.7 Å². The molecular formula is C21H16BrFN2O2S. The van der Waals surface area contributed by atoms with Crippen LogP contribution in [0.15, 0.2) is 64.5 Å². The van der Waals surface area contributed by atoms with Gasteiger partial charge in [-0.3, -0.25) is 9.59 Å². The number of nitrogens with one attached hydrogen (secondary N) is 1. The Hall–Kier alpha value is -2.51. The van der Waals surface area contributed by atoms with E-state index >= 15 is 0 Å². The third-order valence-corrected chi connectivity index (χ3v) is 6.15. The summed E-state index contributed by atoms with van der Waals surface area (Å²) >= 11 is 4.70. The molecule has 0 saturated carbocycles. The molecule has 4 nitrogen and oxygen atoms in total. The summed E-state index contributed by atoms with van der Waals surface area (Å²) < 4.78 is 14.7. The maximum Gasteiger partial charge on any atom is 0.255 e. The molecule has 142 valence electrons. The van der Waals surface area contributed by atoms with E-state index in [0.29, 0.717) is 16.6 Å². The fourth-order valence-corrected chi connectivity index (χ4v) is 4.51. The van der Waals surface area contributed by atoms with Crippen LogP contribution in [0, 0.1) is 5.82 Å². The lowest BCUT2D eigenvalue weighted by Crippen LogP contribution is -2.31. The molecule has 0 unspecified atom stereocenters. The zero-order chi connectivity index (χ0) is 19.7. The Morgan fingerprint density at radius 1 is 1.21 bits per heavy atom. The van der Waals surface area contributed by atoms with Gasteiger partial charge >= 0.3 is 0 Å². The maximum absolute atomic E-state index is 14.1. The van der Waals surface area contributed by atoms with Gasteiger partial charge in [0.1, 0.15) is 5.82 Å². The predicted octanol–water partition coefficient (Wildman–Crippen LogP) is 5.38. The van der Waals surface area contributed by atoms with E-state index in [1.54, 1.807) is 17.0 Å². The lowest BCUT2D eigenvalue weighted by Gasteiger charge is -2.26.